The number of carbonyl (C=O) groups is 2. The molecule has 1 heterocycles. The third-order valence-electron chi connectivity index (χ3n) is 3.75. The molecule has 116 valence electrons. The van der Waals surface area contributed by atoms with E-state index in [4.69, 9.17) is 0 Å². The van der Waals surface area contributed by atoms with Crippen molar-refractivity contribution >= 4 is 11.9 Å². The smallest absolute Gasteiger partial charge is 0.285 e. The number of nitriles is 1. The number of urea groups is 1. The molecule has 0 aromatic heterocycles. The Bertz CT molecular complexity index is 763. The van der Waals surface area contributed by atoms with Crippen molar-refractivity contribution in [2.75, 3.05) is 6.54 Å². The second-order valence-corrected chi connectivity index (χ2v) is 5.11. The molecule has 1 aromatic carbocycles. The summed E-state index contributed by atoms with van der Waals surface area (Å²) in [7, 11) is 0. The Kier molecular flexibility index (Phi) is 4.83. The lowest BCUT2D eigenvalue weighted by atomic mass is 9.94. The fourth-order valence-corrected chi connectivity index (χ4v) is 2.61. The van der Waals surface area contributed by atoms with Crippen molar-refractivity contribution in [2.45, 2.75) is 26.8 Å². The number of benzene rings is 1. The minimum Gasteiger partial charge on any atom is -0.285 e. The van der Waals surface area contributed by atoms with Crippen LogP contribution >= 0.6 is 0 Å². The van der Waals surface area contributed by atoms with Crippen molar-refractivity contribution in [1.82, 2.24) is 9.80 Å². The average molecular weight is 307 g/mol. The summed E-state index contributed by atoms with van der Waals surface area (Å²) in [6.07, 6.45) is 0. The number of hydrogen-bond donors (Lipinski definition) is 0. The summed E-state index contributed by atoms with van der Waals surface area (Å²) in [6.45, 7) is 4.86. The maximum Gasteiger partial charge on any atom is 0.332 e. The van der Waals surface area contributed by atoms with Crippen LogP contribution in [0.1, 0.15) is 32.4 Å². The molecule has 5 heteroatoms. The minimum absolute atomic E-state index is 0.150. The Morgan fingerprint density at radius 1 is 1.30 bits per heavy atom. The third-order valence-corrected chi connectivity index (χ3v) is 3.75. The van der Waals surface area contributed by atoms with Gasteiger partial charge in [-0.2, -0.15) is 5.26 Å². The Labute approximate surface area is 135 Å². The van der Waals surface area contributed by atoms with Gasteiger partial charge in [0.15, 0.2) is 0 Å². The summed E-state index contributed by atoms with van der Waals surface area (Å²) in [6, 6.07) is 10.1. The molecule has 0 N–H and O–H groups in total. The Balaban J connectivity index is 2.64. The van der Waals surface area contributed by atoms with Crippen LogP contribution in [0.5, 0.6) is 0 Å². The summed E-state index contributed by atoms with van der Waals surface area (Å²) < 4.78 is 0. The SMILES string of the molecule is CC#CCN1C(=O)N(C(C)=O)C(c2ccccc2)C(C#N)=C1C. The van der Waals surface area contributed by atoms with E-state index in [1.54, 1.807) is 26.0 Å². The van der Waals surface area contributed by atoms with Crippen LogP contribution in [0.3, 0.4) is 0 Å². The van der Waals surface area contributed by atoms with Crippen LogP contribution in [0.15, 0.2) is 41.6 Å². The first-order valence-electron chi connectivity index (χ1n) is 7.19. The highest BCUT2D eigenvalue weighted by Gasteiger charge is 2.41. The maximum atomic E-state index is 12.7. The number of imide groups is 1. The van der Waals surface area contributed by atoms with Gasteiger partial charge in [-0.15, -0.1) is 5.92 Å². The molecule has 0 bridgehead atoms. The first kappa shape index (κ1) is 16.3. The van der Waals surface area contributed by atoms with Crippen LogP contribution in [0.25, 0.3) is 0 Å². The van der Waals surface area contributed by atoms with E-state index in [2.05, 4.69) is 17.9 Å². The molecule has 1 aliphatic rings. The van der Waals surface area contributed by atoms with Crippen molar-refractivity contribution in [2.24, 2.45) is 0 Å². The molecule has 1 aliphatic heterocycles. The predicted octanol–water partition coefficient (Wildman–Crippen LogP) is 2.83. The fourth-order valence-electron chi connectivity index (χ4n) is 2.61. The Morgan fingerprint density at radius 2 is 1.96 bits per heavy atom. The highest BCUT2D eigenvalue weighted by Crippen LogP contribution is 2.36. The molecule has 1 aromatic rings. The van der Waals surface area contributed by atoms with Gasteiger partial charge >= 0.3 is 6.03 Å². The monoisotopic (exact) mass is 307 g/mol. The lowest BCUT2D eigenvalue weighted by Crippen LogP contribution is -2.51. The predicted molar refractivity (Wildman–Crippen MR) is 85.6 cm³/mol. The quantitative estimate of drug-likeness (QED) is 0.789. The number of allylic oxidation sites excluding steroid dienone is 1. The molecule has 3 amide bonds. The van der Waals surface area contributed by atoms with E-state index in [9.17, 15) is 14.9 Å². The van der Waals surface area contributed by atoms with Gasteiger partial charge in [-0.3, -0.25) is 14.6 Å². The molecule has 0 spiro atoms. The van der Waals surface area contributed by atoms with Gasteiger partial charge in [0.05, 0.1) is 18.2 Å². The van der Waals surface area contributed by atoms with Gasteiger partial charge in [-0.25, -0.2) is 4.79 Å². The molecular formula is C18H17N3O2. The molecule has 2 rings (SSSR count). The first-order chi connectivity index (χ1) is 11.0. The molecule has 1 unspecified atom stereocenters. The van der Waals surface area contributed by atoms with E-state index in [0.717, 1.165) is 10.5 Å². The fraction of sp³-hybridized carbons (Fsp3) is 0.278. The summed E-state index contributed by atoms with van der Waals surface area (Å²) in [5.41, 5.74) is 1.64. The van der Waals surface area contributed by atoms with Crippen molar-refractivity contribution in [1.29, 1.82) is 5.26 Å². The van der Waals surface area contributed by atoms with Crippen molar-refractivity contribution in [3.63, 3.8) is 0 Å². The minimum atomic E-state index is -0.697. The zero-order valence-electron chi connectivity index (χ0n) is 13.3. The Morgan fingerprint density at radius 3 is 2.48 bits per heavy atom. The van der Waals surface area contributed by atoms with Crippen LogP contribution in [-0.4, -0.2) is 28.3 Å². The van der Waals surface area contributed by atoms with Gasteiger partial charge in [0, 0.05) is 12.6 Å². The molecule has 5 nitrogen and oxygen atoms in total. The number of nitrogens with zero attached hydrogens (tertiary/aromatic N) is 3. The number of amides is 3. The first-order valence-corrected chi connectivity index (χ1v) is 7.19. The molecular weight excluding hydrogens is 290 g/mol. The number of carbonyl (C=O) groups excluding carboxylic acids is 2. The molecule has 0 radical (unpaired) electrons. The second-order valence-electron chi connectivity index (χ2n) is 5.11. The van der Waals surface area contributed by atoms with E-state index >= 15 is 0 Å². The van der Waals surface area contributed by atoms with Crippen LogP contribution in [0, 0.1) is 23.2 Å². The van der Waals surface area contributed by atoms with Gasteiger partial charge in [0.25, 0.3) is 0 Å². The van der Waals surface area contributed by atoms with Crippen molar-refractivity contribution in [3.05, 3.63) is 47.2 Å². The second kappa shape index (κ2) is 6.81. The average Bonchev–Trinajstić information content (AvgIpc) is 2.54. The van der Waals surface area contributed by atoms with Gasteiger partial charge in [-0.05, 0) is 19.4 Å². The van der Waals surface area contributed by atoms with Crippen LogP contribution in [0.4, 0.5) is 4.79 Å². The summed E-state index contributed by atoms with van der Waals surface area (Å²) >= 11 is 0. The zero-order chi connectivity index (χ0) is 17.0. The lowest BCUT2D eigenvalue weighted by Gasteiger charge is -2.39. The molecule has 0 fully saturated rings. The van der Waals surface area contributed by atoms with Crippen LogP contribution < -0.4 is 0 Å². The van der Waals surface area contributed by atoms with Crippen LogP contribution in [0.2, 0.25) is 0 Å². The number of hydrogen-bond acceptors (Lipinski definition) is 3. The van der Waals surface area contributed by atoms with E-state index in [1.807, 2.05) is 18.2 Å². The topological polar surface area (TPSA) is 64.4 Å². The van der Waals surface area contributed by atoms with Crippen molar-refractivity contribution < 1.29 is 9.59 Å². The highest BCUT2D eigenvalue weighted by atomic mass is 16.2. The third kappa shape index (κ3) is 2.95. The highest BCUT2D eigenvalue weighted by molar-refractivity contribution is 5.96. The van der Waals surface area contributed by atoms with Gasteiger partial charge < -0.3 is 0 Å². The molecule has 1 atom stereocenters. The van der Waals surface area contributed by atoms with Gasteiger partial charge in [0.2, 0.25) is 5.91 Å². The van der Waals surface area contributed by atoms with Crippen molar-refractivity contribution in [3.8, 4) is 17.9 Å². The van der Waals surface area contributed by atoms with E-state index in [1.165, 1.54) is 11.8 Å². The number of rotatable bonds is 2. The maximum absolute atomic E-state index is 12.7. The van der Waals surface area contributed by atoms with Crippen LogP contribution in [-0.2, 0) is 4.79 Å². The summed E-state index contributed by atoms with van der Waals surface area (Å²) in [5.74, 6) is 5.13. The van der Waals surface area contributed by atoms with Gasteiger partial charge in [0.1, 0.15) is 6.04 Å². The van der Waals surface area contributed by atoms with Gasteiger partial charge in [-0.1, -0.05) is 36.3 Å². The summed E-state index contributed by atoms with van der Waals surface area (Å²) in [4.78, 5) is 27.3. The van der Waals surface area contributed by atoms with E-state index in [0.29, 0.717) is 11.3 Å². The van der Waals surface area contributed by atoms with E-state index < -0.39 is 18.0 Å². The Hall–Kier alpha value is -3.05. The lowest BCUT2D eigenvalue weighted by molar-refractivity contribution is -0.128. The molecule has 0 saturated heterocycles. The largest absolute Gasteiger partial charge is 0.332 e. The molecule has 23 heavy (non-hydrogen) atoms. The van der Waals surface area contributed by atoms with E-state index in [-0.39, 0.29) is 6.54 Å². The standard InChI is InChI=1S/C18H17N3O2/c1-4-5-11-20-13(2)16(12-19)17(15-9-7-6-8-10-15)21(14(3)22)18(20)23/h6-10,17H,11H2,1-3H3. The molecule has 0 saturated carbocycles. The summed E-state index contributed by atoms with van der Waals surface area (Å²) in [5, 5.41) is 9.60. The zero-order valence-corrected chi connectivity index (χ0v) is 13.3. The molecule has 0 aliphatic carbocycles. The normalized spacial score (nSPS) is 17.5.